The molecule has 1 aromatic carbocycles. The second-order valence-electron chi connectivity index (χ2n) is 8.21. The first-order valence-electron chi connectivity index (χ1n) is 10.9. The van der Waals surface area contributed by atoms with E-state index < -0.39 is 11.4 Å². The van der Waals surface area contributed by atoms with E-state index in [2.05, 4.69) is 30.4 Å². The third-order valence-corrected chi connectivity index (χ3v) is 7.27. The topological polar surface area (TPSA) is 140 Å². The van der Waals surface area contributed by atoms with Gasteiger partial charge in [-0.3, -0.25) is 9.20 Å². The number of aromatic amines is 1. The minimum atomic E-state index is -1.31. The number of hydrogen-bond donors (Lipinski definition) is 2. The Kier molecular flexibility index (Phi) is 5.32. The van der Waals surface area contributed by atoms with E-state index in [1.54, 1.807) is 27.3 Å². The van der Waals surface area contributed by atoms with Crippen molar-refractivity contribution in [2.75, 3.05) is 18.4 Å². The molecule has 1 aliphatic heterocycles. The first-order valence-corrected chi connectivity index (χ1v) is 12.0. The molecular formula is C23H20N8O3S. The van der Waals surface area contributed by atoms with E-state index in [1.165, 1.54) is 6.33 Å². The van der Waals surface area contributed by atoms with Crippen LogP contribution in [0.5, 0.6) is 0 Å². The molecule has 0 bridgehead atoms. The summed E-state index contributed by atoms with van der Waals surface area (Å²) < 4.78 is 21.5. The highest BCUT2D eigenvalue weighted by molar-refractivity contribution is 7.89. The molecule has 1 aliphatic rings. The molecule has 2 N–H and O–H groups in total. The number of hydrogen-bond acceptors (Lipinski definition) is 8. The number of aromatic nitrogens is 6. The molecule has 11 nitrogen and oxygen atoms in total. The molecule has 35 heavy (non-hydrogen) atoms. The normalized spacial score (nSPS) is 15.3. The van der Waals surface area contributed by atoms with Crippen LogP contribution in [0.25, 0.3) is 17.0 Å². The summed E-state index contributed by atoms with van der Waals surface area (Å²) in [7, 11) is 0. The molecule has 6 rings (SSSR count). The van der Waals surface area contributed by atoms with Gasteiger partial charge in [-0.2, -0.15) is 9.97 Å². The summed E-state index contributed by atoms with van der Waals surface area (Å²) in [5.41, 5.74) is 3.40. The molecule has 1 atom stereocenters. The van der Waals surface area contributed by atoms with Crippen LogP contribution >= 0.6 is 0 Å². The molecule has 176 valence electrons. The van der Waals surface area contributed by atoms with Gasteiger partial charge in [0.1, 0.15) is 22.7 Å². The van der Waals surface area contributed by atoms with Crippen LogP contribution in [0, 0.1) is 6.92 Å². The van der Waals surface area contributed by atoms with Gasteiger partial charge in [-0.1, -0.05) is 23.4 Å². The monoisotopic (exact) mass is 488 g/mol. The van der Waals surface area contributed by atoms with Crippen LogP contribution in [0.1, 0.15) is 27.9 Å². The third kappa shape index (κ3) is 3.97. The third-order valence-electron chi connectivity index (χ3n) is 5.92. The van der Waals surface area contributed by atoms with Gasteiger partial charge in [-0.25, -0.2) is 4.98 Å². The van der Waals surface area contributed by atoms with Crippen molar-refractivity contribution in [3.8, 4) is 11.4 Å². The van der Waals surface area contributed by atoms with E-state index in [0.29, 0.717) is 46.9 Å². The number of H-pyrrole nitrogens is 1. The lowest BCUT2D eigenvalue weighted by Gasteiger charge is -2.34. The summed E-state index contributed by atoms with van der Waals surface area (Å²) in [5, 5.41) is 7.58. The van der Waals surface area contributed by atoms with Crippen LogP contribution < -0.4 is 5.32 Å². The van der Waals surface area contributed by atoms with Gasteiger partial charge in [0, 0.05) is 17.4 Å². The minimum absolute atomic E-state index is 0.00101. The Labute approximate surface area is 202 Å². The van der Waals surface area contributed by atoms with Gasteiger partial charge in [0.25, 0.3) is 10.9 Å². The summed E-state index contributed by atoms with van der Waals surface area (Å²) in [6, 6.07) is 11.2. The highest BCUT2D eigenvalue weighted by Crippen LogP contribution is 2.32. The van der Waals surface area contributed by atoms with Crippen molar-refractivity contribution in [3.63, 3.8) is 0 Å². The van der Waals surface area contributed by atoms with Crippen LogP contribution in [-0.2, 0) is 11.4 Å². The van der Waals surface area contributed by atoms with Gasteiger partial charge in [-0.15, -0.1) is 4.31 Å². The van der Waals surface area contributed by atoms with Crippen LogP contribution in [-0.4, -0.2) is 57.3 Å². The van der Waals surface area contributed by atoms with Crippen molar-refractivity contribution in [3.05, 3.63) is 78.5 Å². The molecule has 0 aliphatic carbocycles. The molecule has 12 heteroatoms. The highest BCUT2D eigenvalue weighted by Gasteiger charge is 2.41. The average Bonchev–Trinajstić information content (AvgIpc) is 3.60. The summed E-state index contributed by atoms with van der Waals surface area (Å²) in [6.07, 6.45) is 6.48. The van der Waals surface area contributed by atoms with Gasteiger partial charge >= 0.3 is 0 Å². The van der Waals surface area contributed by atoms with Crippen molar-refractivity contribution in [1.82, 2.24) is 33.8 Å². The van der Waals surface area contributed by atoms with Crippen molar-refractivity contribution < 1.29 is 13.9 Å². The zero-order valence-corrected chi connectivity index (χ0v) is 19.4. The lowest BCUT2D eigenvalue weighted by molar-refractivity contribution is 0.102. The number of benzene rings is 1. The molecule has 0 saturated carbocycles. The molecule has 5 aromatic rings. The minimum Gasteiger partial charge on any atom is -0.591 e. The molecule has 4 aromatic heterocycles. The zero-order valence-electron chi connectivity index (χ0n) is 18.6. The number of carbonyl (C=O) groups is 1. The average molecular weight is 489 g/mol. The Bertz CT molecular complexity index is 1510. The fourth-order valence-electron chi connectivity index (χ4n) is 3.91. The number of aryl methyl sites for hydroxylation is 1. The Balaban J connectivity index is 1.17. The predicted octanol–water partition coefficient (Wildman–Crippen LogP) is 2.79. The van der Waals surface area contributed by atoms with Crippen LogP contribution in [0.4, 0.5) is 5.69 Å². The van der Waals surface area contributed by atoms with Crippen LogP contribution in [0.2, 0.25) is 0 Å². The van der Waals surface area contributed by atoms with Crippen molar-refractivity contribution in [1.29, 1.82) is 0 Å². The number of nitrogens with zero attached hydrogens (tertiary/aromatic N) is 6. The van der Waals surface area contributed by atoms with E-state index in [1.807, 2.05) is 43.3 Å². The number of imidazole rings is 2. The van der Waals surface area contributed by atoms with E-state index in [0.717, 1.165) is 11.1 Å². The van der Waals surface area contributed by atoms with Crippen LogP contribution in [0.15, 0.2) is 70.9 Å². The molecular weight excluding hydrogens is 468 g/mol. The molecule has 1 fully saturated rings. The second-order valence-corrected chi connectivity index (χ2v) is 9.65. The maximum absolute atomic E-state index is 12.9. The quantitative estimate of drug-likeness (QED) is 0.348. The highest BCUT2D eigenvalue weighted by atomic mass is 32.2. The molecule has 0 radical (unpaired) electrons. The maximum Gasteiger partial charge on any atom is 0.283 e. The van der Waals surface area contributed by atoms with Gasteiger partial charge in [0.15, 0.2) is 0 Å². The number of anilines is 1. The number of rotatable bonds is 6. The zero-order chi connectivity index (χ0) is 23.9. The fraction of sp³-hybridized carbons (Fsp3) is 0.174. The first kappa shape index (κ1) is 21.5. The fourth-order valence-corrected chi connectivity index (χ4v) is 5.11. The van der Waals surface area contributed by atoms with E-state index >= 15 is 0 Å². The van der Waals surface area contributed by atoms with Gasteiger partial charge < -0.3 is 19.4 Å². The lowest BCUT2D eigenvalue weighted by atomic mass is 10.0. The van der Waals surface area contributed by atoms with Crippen molar-refractivity contribution in [2.45, 2.75) is 17.9 Å². The number of pyridine rings is 1. The summed E-state index contributed by atoms with van der Waals surface area (Å²) in [5.74, 6) is 0.653. The predicted molar refractivity (Wildman–Crippen MR) is 127 cm³/mol. The van der Waals surface area contributed by atoms with E-state index in [9.17, 15) is 9.35 Å². The first-order chi connectivity index (χ1) is 17.1. The number of amides is 1. The molecule has 1 unspecified atom stereocenters. The number of nitrogens with one attached hydrogen (secondary N) is 2. The molecule has 1 amide bonds. The Hall–Kier alpha value is -4.00. The summed E-state index contributed by atoms with van der Waals surface area (Å²) in [6.45, 7) is 2.99. The standard InChI is InChI=1S/C23H20N8O3S/c1-14-5-6-15(8-17(14)27-22(32)18-9-25-19-4-2-3-7-31(18)19)21-28-23(34-29-21)16-11-30(12-16)35(33)20-10-24-13-26-20/h2-10,13,16H,11-12H2,1H3,(H,24,26)(H,27,32). The lowest BCUT2D eigenvalue weighted by Crippen LogP contribution is -2.48. The summed E-state index contributed by atoms with van der Waals surface area (Å²) >= 11 is -1.31. The summed E-state index contributed by atoms with van der Waals surface area (Å²) in [4.78, 5) is 28.6. The van der Waals surface area contributed by atoms with Gasteiger partial charge in [-0.05, 0) is 30.7 Å². The second kappa shape index (κ2) is 8.65. The van der Waals surface area contributed by atoms with Crippen molar-refractivity contribution in [2.24, 2.45) is 0 Å². The molecule has 1 saturated heterocycles. The smallest absolute Gasteiger partial charge is 0.283 e. The Morgan fingerprint density at radius 2 is 2.14 bits per heavy atom. The maximum atomic E-state index is 12.9. The number of fused-ring (bicyclic) bond motifs is 1. The Morgan fingerprint density at radius 1 is 1.26 bits per heavy atom. The van der Waals surface area contributed by atoms with Crippen molar-refractivity contribution >= 4 is 28.6 Å². The van der Waals surface area contributed by atoms with Gasteiger partial charge in [0.05, 0.1) is 37.7 Å². The SMILES string of the molecule is Cc1ccc(-c2noc(C3CN([S+]([O-])c4c[nH]cn4)C3)n2)cc1NC(=O)c1cnc2ccccn12. The van der Waals surface area contributed by atoms with Gasteiger partial charge in [0.2, 0.25) is 11.7 Å². The van der Waals surface area contributed by atoms with Crippen LogP contribution in [0.3, 0.4) is 0 Å². The largest absolute Gasteiger partial charge is 0.591 e. The molecule has 5 heterocycles. The number of carbonyl (C=O) groups excluding carboxylic acids is 1. The van der Waals surface area contributed by atoms with E-state index in [4.69, 9.17) is 4.52 Å². The van der Waals surface area contributed by atoms with E-state index in [-0.39, 0.29) is 11.8 Å². The molecule has 0 spiro atoms. The Morgan fingerprint density at radius 3 is 2.97 bits per heavy atom.